The topological polar surface area (TPSA) is 72.7 Å². The molecule has 0 fully saturated rings. The number of phenolic OH excluding ortho intramolecular Hbond substituents is 2. The lowest BCUT2D eigenvalue weighted by molar-refractivity contribution is 0.254. The van der Waals surface area contributed by atoms with E-state index in [2.05, 4.69) is 17.9 Å². The summed E-state index contributed by atoms with van der Waals surface area (Å²) in [6, 6.07) is 4.61. The van der Waals surface area contributed by atoms with Crippen LogP contribution in [-0.4, -0.2) is 40.3 Å². The van der Waals surface area contributed by atoms with Gasteiger partial charge < -0.3 is 20.6 Å². The molecule has 4 nitrogen and oxygen atoms in total. The van der Waals surface area contributed by atoms with Crippen molar-refractivity contribution >= 4 is 12.6 Å². The number of hydrogen-bond acceptors (Lipinski definition) is 5. The van der Waals surface area contributed by atoms with Gasteiger partial charge in [-0.1, -0.05) is 6.07 Å². The monoisotopic (exact) mass is 243 g/mol. The largest absolute Gasteiger partial charge is 0.508 e. The van der Waals surface area contributed by atoms with E-state index in [1.165, 1.54) is 12.1 Å². The van der Waals surface area contributed by atoms with Crippen LogP contribution in [-0.2, 0) is 6.42 Å². The number of thiol groups is 1. The molecule has 16 heavy (non-hydrogen) atoms. The van der Waals surface area contributed by atoms with Crippen LogP contribution in [0.5, 0.6) is 11.5 Å². The van der Waals surface area contributed by atoms with Crippen molar-refractivity contribution in [3.05, 3.63) is 23.8 Å². The van der Waals surface area contributed by atoms with E-state index in [-0.39, 0.29) is 24.1 Å². The number of aromatic hydroxyl groups is 2. The van der Waals surface area contributed by atoms with Gasteiger partial charge in [0.25, 0.3) is 0 Å². The molecule has 0 bridgehead atoms. The molecule has 0 unspecified atom stereocenters. The molecule has 1 atom stereocenters. The van der Waals surface area contributed by atoms with Gasteiger partial charge in [0.15, 0.2) is 0 Å². The van der Waals surface area contributed by atoms with E-state index in [0.29, 0.717) is 24.3 Å². The third-order valence-electron chi connectivity index (χ3n) is 2.38. The van der Waals surface area contributed by atoms with E-state index >= 15 is 0 Å². The Labute approximate surface area is 100 Å². The lowest BCUT2D eigenvalue weighted by Crippen LogP contribution is -2.35. The molecule has 0 saturated heterocycles. The number of benzene rings is 1. The van der Waals surface area contributed by atoms with Gasteiger partial charge in [-0.2, -0.15) is 12.6 Å². The summed E-state index contributed by atoms with van der Waals surface area (Å²) in [5.74, 6) is 0.727. The molecule has 0 aliphatic rings. The second kappa shape index (κ2) is 6.62. The normalized spacial score (nSPS) is 12.6. The average Bonchev–Trinajstić information content (AvgIpc) is 2.28. The first-order chi connectivity index (χ1) is 7.69. The Morgan fingerprint density at radius 1 is 1.25 bits per heavy atom. The summed E-state index contributed by atoms with van der Waals surface area (Å²) in [5.41, 5.74) is 0.519. The molecule has 4 N–H and O–H groups in total. The first-order valence-electron chi connectivity index (χ1n) is 5.14. The molecule has 0 radical (unpaired) electrons. The molecule has 1 aromatic carbocycles. The van der Waals surface area contributed by atoms with Gasteiger partial charge in [-0.25, -0.2) is 0 Å². The lowest BCUT2D eigenvalue weighted by atomic mass is 10.1. The summed E-state index contributed by atoms with van der Waals surface area (Å²) in [7, 11) is 0. The molecule has 0 heterocycles. The number of nitrogens with one attached hydrogen (secondary N) is 1. The Morgan fingerprint density at radius 3 is 2.38 bits per heavy atom. The van der Waals surface area contributed by atoms with E-state index in [1.807, 2.05) is 0 Å². The van der Waals surface area contributed by atoms with Gasteiger partial charge in [0.1, 0.15) is 11.5 Å². The van der Waals surface area contributed by atoms with Gasteiger partial charge >= 0.3 is 0 Å². The van der Waals surface area contributed by atoms with E-state index in [0.717, 1.165) is 0 Å². The minimum Gasteiger partial charge on any atom is -0.508 e. The molecule has 0 aliphatic heterocycles. The summed E-state index contributed by atoms with van der Waals surface area (Å²) in [5, 5.41) is 31.0. The number of aliphatic hydroxyl groups is 1. The highest BCUT2D eigenvalue weighted by molar-refractivity contribution is 7.80. The predicted molar refractivity (Wildman–Crippen MR) is 66.2 cm³/mol. The van der Waals surface area contributed by atoms with Crippen molar-refractivity contribution in [3.63, 3.8) is 0 Å². The molecule has 0 spiro atoms. The molecule has 5 heteroatoms. The summed E-state index contributed by atoms with van der Waals surface area (Å²) < 4.78 is 0. The number of hydrogen-bond donors (Lipinski definition) is 5. The molecular weight excluding hydrogens is 226 g/mol. The zero-order chi connectivity index (χ0) is 12.0. The van der Waals surface area contributed by atoms with Crippen LogP contribution in [0.2, 0.25) is 0 Å². The fourth-order valence-corrected chi connectivity index (χ4v) is 1.65. The van der Waals surface area contributed by atoms with E-state index in [1.54, 1.807) is 6.07 Å². The minimum atomic E-state index is -0.0590. The standard InChI is InChI=1S/C11H17NO3S/c13-6-8(7-16)12-5-4-9-10(14)2-1-3-11(9)15/h1-3,8,12-16H,4-7H2/t8-/m1/s1. The van der Waals surface area contributed by atoms with Crippen molar-refractivity contribution in [3.8, 4) is 11.5 Å². The Hall–Kier alpha value is -0.910. The Kier molecular flexibility index (Phi) is 5.45. The summed E-state index contributed by atoms with van der Waals surface area (Å²) >= 11 is 4.08. The summed E-state index contributed by atoms with van der Waals surface area (Å²) in [6.07, 6.45) is 0.503. The van der Waals surface area contributed by atoms with Crippen LogP contribution in [0, 0.1) is 0 Å². The van der Waals surface area contributed by atoms with E-state index in [9.17, 15) is 10.2 Å². The molecule has 1 aromatic rings. The maximum Gasteiger partial charge on any atom is 0.122 e. The van der Waals surface area contributed by atoms with E-state index < -0.39 is 0 Å². The van der Waals surface area contributed by atoms with Gasteiger partial charge in [0.2, 0.25) is 0 Å². The van der Waals surface area contributed by atoms with Crippen molar-refractivity contribution in [1.82, 2.24) is 5.32 Å². The van der Waals surface area contributed by atoms with Crippen LogP contribution in [0.25, 0.3) is 0 Å². The highest BCUT2D eigenvalue weighted by Crippen LogP contribution is 2.26. The maximum atomic E-state index is 9.52. The van der Waals surface area contributed by atoms with Crippen molar-refractivity contribution in [2.45, 2.75) is 12.5 Å². The van der Waals surface area contributed by atoms with Gasteiger partial charge in [0.05, 0.1) is 6.61 Å². The molecule has 90 valence electrons. The number of rotatable bonds is 6. The van der Waals surface area contributed by atoms with Gasteiger partial charge in [-0.15, -0.1) is 0 Å². The average molecular weight is 243 g/mol. The molecule has 0 amide bonds. The van der Waals surface area contributed by atoms with Gasteiger partial charge in [-0.05, 0) is 25.1 Å². The Balaban J connectivity index is 2.48. The van der Waals surface area contributed by atoms with Gasteiger partial charge in [0, 0.05) is 17.4 Å². The zero-order valence-electron chi connectivity index (χ0n) is 8.93. The SMILES string of the molecule is OC[C@H](CS)NCCc1c(O)cccc1O. The van der Waals surface area contributed by atoms with Crippen LogP contribution in [0.3, 0.4) is 0 Å². The van der Waals surface area contributed by atoms with Crippen molar-refractivity contribution < 1.29 is 15.3 Å². The molecule has 0 aliphatic carbocycles. The second-order valence-corrected chi connectivity index (χ2v) is 3.91. The summed E-state index contributed by atoms with van der Waals surface area (Å²) in [4.78, 5) is 0. The lowest BCUT2D eigenvalue weighted by Gasteiger charge is -2.14. The highest BCUT2D eigenvalue weighted by Gasteiger charge is 2.08. The zero-order valence-corrected chi connectivity index (χ0v) is 9.82. The fraction of sp³-hybridized carbons (Fsp3) is 0.455. The predicted octanol–water partition coefficient (Wildman–Crippen LogP) is 0.521. The molecule has 1 rings (SSSR count). The van der Waals surface area contributed by atoms with E-state index in [4.69, 9.17) is 5.11 Å². The van der Waals surface area contributed by atoms with Crippen molar-refractivity contribution in [2.24, 2.45) is 0 Å². The quantitative estimate of drug-likeness (QED) is 0.472. The minimum absolute atomic E-state index is 0.0241. The Bertz CT molecular complexity index is 309. The Morgan fingerprint density at radius 2 is 1.88 bits per heavy atom. The van der Waals surface area contributed by atoms with Crippen LogP contribution < -0.4 is 5.32 Å². The summed E-state index contributed by atoms with van der Waals surface area (Å²) in [6.45, 7) is 0.590. The van der Waals surface area contributed by atoms with Crippen LogP contribution in [0.4, 0.5) is 0 Å². The molecule has 0 aromatic heterocycles. The third-order valence-corrected chi connectivity index (χ3v) is 2.82. The van der Waals surface area contributed by atoms with Crippen LogP contribution >= 0.6 is 12.6 Å². The molecular formula is C11H17NO3S. The van der Waals surface area contributed by atoms with Crippen LogP contribution in [0.1, 0.15) is 5.56 Å². The third kappa shape index (κ3) is 3.59. The fourth-order valence-electron chi connectivity index (χ4n) is 1.41. The van der Waals surface area contributed by atoms with Crippen molar-refractivity contribution in [2.75, 3.05) is 18.9 Å². The first kappa shape index (κ1) is 13.2. The van der Waals surface area contributed by atoms with Crippen molar-refractivity contribution in [1.29, 1.82) is 0 Å². The first-order valence-corrected chi connectivity index (χ1v) is 5.77. The smallest absolute Gasteiger partial charge is 0.122 e. The second-order valence-electron chi connectivity index (χ2n) is 3.54. The molecule has 0 saturated carbocycles. The maximum absolute atomic E-state index is 9.52. The van der Waals surface area contributed by atoms with Crippen LogP contribution in [0.15, 0.2) is 18.2 Å². The number of phenols is 2. The van der Waals surface area contributed by atoms with Gasteiger partial charge in [-0.3, -0.25) is 0 Å². The highest BCUT2D eigenvalue weighted by atomic mass is 32.1. The number of aliphatic hydroxyl groups excluding tert-OH is 1.